The van der Waals surface area contributed by atoms with Gasteiger partial charge in [0.2, 0.25) is 0 Å². The fourth-order valence-electron chi connectivity index (χ4n) is 4.98. The van der Waals surface area contributed by atoms with Gasteiger partial charge >= 0.3 is 6.03 Å². The Kier molecular flexibility index (Phi) is 5.61. The van der Waals surface area contributed by atoms with Crippen molar-refractivity contribution in [2.75, 3.05) is 19.4 Å². The number of nitrogens with zero attached hydrogens (tertiary/aromatic N) is 2. The molecule has 2 aliphatic heterocycles. The number of nitrogen functional groups attached to an aromatic ring is 1. The SMILES string of the molecule is COc1ccc2c(c1)C(=O)N(C[C@@]1(c3ccc(-c4ccc(-c5csc(N)n5)cc4)cc3)NC(=O)NC1=O)C2. The number of benzene rings is 3. The molecule has 1 saturated heterocycles. The van der Waals surface area contributed by atoms with Crippen molar-refractivity contribution in [3.63, 3.8) is 0 Å². The summed E-state index contributed by atoms with van der Waals surface area (Å²) in [5.74, 6) is -0.130. The number of urea groups is 1. The van der Waals surface area contributed by atoms with Gasteiger partial charge in [-0.25, -0.2) is 9.78 Å². The number of hydrogen-bond donors (Lipinski definition) is 3. The lowest BCUT2D eigenvalue weighted by atomic mass is 9.88. The van der Waals surface area contributed by atoms with E-state index in [1.54, 1.807) is 24.1 Å². The summed E-state index contributed by atoms with van der Waals surface area (Å²) in [5.41, 5.74) is 10.0. The van der Waals surface area contributed by atoms with Crippen LogP contribution in [-0.2, 0) is 16.9 Å². The Morgan fingerprint density at radius 3 is 2.29 bits per heavy atom. The highest BCUT2D eigenvalue weighted by Gasteiger charge is 2.50. The van der Waals surface area contributed by atoms with Gasteiger partial charge in [0, 0.05) is 23.1 Å². The van der Waals surface area contributed by atoms with Crippen molar-refractivity contribution < 1.29 is 19.1 Å². The van der Waals surface area contributed by atoms with Crippen LogP contribution in [0.2, 0.25) is 0 Å². The summed E-state index contributed by atoms with van der Waals surface area (Å²) in [6.45, 7) is 0.323. The minimum atomic E-state index is -1.41. The number of imide groups is 1. The number of carbonyl (C=O) groups excluding carboxylic acids is 3. The van der Waals surface area contributed by atoms with Crippen molar-refractivity contribution in [3.8, 4) is 28.1 Å². The van der Waals surface area contributed by atoms with Gasteiger partial charge in [0.05, 0.1) is 19.3 Å². The van der Waals surface area contributed by atoms with Crippen LogP contribution >= 0.6 is 11.3 Å². The fourth-order valence-corrected chi connectivity index (χ4v) is 5.55. The number of thiazole rings is 1. The Balaban J connectivity index is 1.28. The number of fused-ring (bicyclic) bond motifs is 1. The lowest BCUT2D eigenvalue weighted by Gasteiger charge is -2.31. The molecule has 0 bridgehead atoms. The lowest BCUT2D eigenvalue weighted by Crippen LogP contribution is -2.52. The zero-order chi connectivity index (χ0) is 26.4. The van der Waals surface area contributed by atoms with Crippen molar-refractivity contribution >= 4 is 34.3 Å². The van der Waals surface area contributed by atoms with Crippen LogP contribution in [0.3, 0.4) is 0 Å². The molecule has 0 aliphatic carbocycles. The number of carbonyl (C=O) groups is 3. The molecule has 0 spiro atoms. The van der Waals surface area contributed by atoms with Crippen LogP contribution < -0.4 is 21.1 Å². The van der Waals surface area contributed by atoms with Crippen LogP contribution in [0, 0.1) is 0 Å². The van der Waals surface area contributed by atoms with E-state index in [0.29, 0.717) is 28.6 Å². The van der Waals surface area contributed by atoms with Gasteiger partial charge in [0.15, 0.2) is 10.7 Å². The number of rotatable bonds is 6. The predicted molar refractivity (Wildman–Crippen MR) is 143 cm³/mol. The second kappa shape index (κ2) is 9.00. The van der Waals surface area contributed by atoms with Crippen molar-refractivity contribution in [3.05, 3.63) is 88.8 Å². The quantitative estimate of drug-likeness (QED) is 0.329. The average molecular weight is 526 g/mol. The Bertz CT molecular complexity index is 1580. The molecule has 1 atom stereocenters. The Morgan fingerprint density at radius 2 is 1.68 bits per heavy atom. The van der Waals surface area contributed by atoms with Gasteiger partial charge in [0.25, 0.3) is 11.8 Å². The first-order valence-corrected chi connectivity index (χ1v) is 12.8. The van der Waals surface area contributed by atoms with Crippen LogP contribution in [0.15, 0.2) is 72.1 Å². The third-order valence-electron chi connectivity index (χ3n) is 6.98. The van der Waals surface area contributed by atoms with E-state index in [4.69, 9.17) is 10.5 Å². The molecule has 2 aliphatic rings. The summed E-state index contributed by atoms with van der Waals surface area (Å²) >= 11 is 1.40. The summed E-state index contributed by atoms with van der Waals surface area (Å²) < 4.78 is 5.25. The van der Waals surface area contributed by atoms with Crippen LogP contribution in [0.5, 0.6) is 5.75 Å². The maximum Gasteiger partial charge on any atom is 0.322 e. The van der Waals surface area contributed by atoms with Crippen LogP contribution in [0.1, 0.15) is 21.5 Å². The Labute approximate surface area is 222 Å². The molecule has 38 heavy (non-hydrogen) atoms. The number of ether oxygens (including phenoxy) is 1. The van der Waals surface area contributed by atoms with Crippen molar-refractivity contribution in [2.24, 2.45) is 0 Å². The van der Waals surface area contributed by atoms with E-state index in [9.17, 15) is 14.4 Å². The Hall–Kier alpha value is -4.70. The molecule has 6 rings (SSSR count). The highest BCUT2D eigenvalue weighted by atomic mass is 32.1. The zero-order valence-electron chi connectivity index (χ0n) is 20.4. The smallest absolute Gasteiger partial charge is 0.322 e. The van der Waals surface area contributed by atoms with Gasteiger partial charge in [-0.15, -0.1) is 11.3 Å². The number of methoxy groups -OCH3 is 1. The first-order valence-electron chi connectivity index (χ1n) is 11.9. The monoisotopic (exact) mass is 525 g/mol. The highest BCUT2D eigenvalue weighted by molar-refractivity contribution is 7.13. The molecule has 4 aromatic rings. The lowest BCUT2D eigenvalue weighted by molar-refractivity contribution is -0.124. The molecule has 10 heteroatoms. The maximum atomic E-state index is 13.2. The molecule has 4 amide bonds. The summed E-state index contributed by atoms with van der Waals surface area (Å²) in [7, 11) is 1.54. The molecule has 0 saturated carbocycles. The predicted octanol–water partition coefficient (Wildman–Crippen LogP) is 3.76. The number of anilines is 1. The van der Waals surface area contributed by atoms with E-state index in [1.807, 2.05) is 60.0 Å². The van der Waals surface area contributed by atoms with E-state index in [1.165, 1.54) is 11.3 Å². The van der Waals surface area contributed by atoms with Gasteiger partial charge in [-0.1, -0.05) is 54.6 Å². The normalized spacial score (nSPS) is 18.3. The first-order chi connectivity index (χ1) is 18.4. The molecule has 3 aromatic carbocycles. The van der Waals surface area contributed by atoms with E-state index in [-0.39, 0.29) is 12.5 Å². The number of nitrogens with one attached hydrogen (secondary N) is 2. The van der Waals surface area contributed by atoms with Gasteiger partial charge in [-0.3, -0.25) is 14.9 Å². The minimum absolute atomic E-state index is 0.00871. The van der Waals surface area contributed by atoms with E-state index >= 15 is 0 Å². The molecule has 3 heterocycles. The van der Waals surface area contributed by atoms with Gasteiger partial charge in [-0.2, -0.15) is 0 Å². The zero-order valence-corrected chi connectivity index (χ0v) is 21.2. The molecule has 190 valence electrons. The molecule has 1 aromatic heterocycles. The second-order valence-corrected chi connectivity index (χ2v) is 10.1. The number of amides is 4. The van der Waals surface area contributed by atoms with E-state index < -0.39 is 17.5 Å². The van der Waals surface area contributed by atoms with Crippen LogP contribution in [0.25, 0.3) is 22.4 Å². The molecular weight excluding hydrogens is 502 g/mol. The average Bonchev–Trinajstić information content (AvgIpc) is 3.59. The number of hydrogen-bond acceptors (Lipinski definition) is 7. The van der Waals surface area contributed by atoms with Crippen molar-refractivity contribution in [2.45, 2.75) is 12.1 Å². The molecule has 4 N–H and O–H groups in total. The topological polar surface area (TPSA) is 127 Å². The van der Waals surface area contributed by atoms with Gasteiger partial charge in [-0.05, 0) is 34.4 Å². The molecular formula is C28H23N5O4S. The Morgan fingerprint density at radius 1 is 1.00 bits per heavy atom. The van der Waals surface area contributed by atoms with Crippen molar-refractivity contribution in [1.29, 1.82) is 0 Å². The molecule has 0 radical (unpaired) electrons. The van der Waals surface area contributed by atoms with E-state index in [0.717, 1.165) is 27.9 Å². The third kappa shape index (κ3) is 3.95. The maximum absolute atomic E-state index is 13.2. The minimum Gasteiger partial charge on any atom is -0.497 e. The summed E-state index contributed by atoms with van der Waals surface area (Å²) in [6, 6.07) is 20.1. The third-order valence-corrected chi connectivity index (χ3v) is 7.65. The molecule has 9 nitrogen and oxygen atoms in total. The molecule has 1 fully saturated rings. The standard InChI is InChI=1S/C28H23N5O4S/c1-37-21-11-8-19-13-33(24(34)22(19)12-21)15-28(25(35)31-27(36)32-28)20-9-6-17(7-10-20)16-2-4-18(5-3-16)23-14-38-26(29)30-23/h2-12,14H,13,15H2,1H3,(H2,29,30)(H2,31,32,35,36)/t28-/m0/s1. The summed E-state index contributed by atoms with van der Waals surface area (Å²) in [6.07, 6.45) is 0. The van der Waals surface area contributed by atoms with Gasteiger partial charge in [0.1, 0.15) is 5.75 Å². The van der Waals surface area contributed by atoms with E-state index in [2.05, 4.69) is 15.6 Å². The second-order valence-electron chi connectivity index (χ2n) is 9.22. The largest absolute Gasteiger partial charge is 0.497 e. The van der Waals surface area contributed by atoms with Crippen LogP contribution in [0.4, 0.5) is 9.93 Å². The summed E-state index contributed by atoms with van der Waals surface area (Å²) in [4.78, 5) is 44.5. The molecule has 0 unspecified atom stereocenters. The van der Waals surface area contributed by atoms with Crippen molar-refractivity contribution in [1.82, 2.24) is 20.5 Å². The number of nitrogens with two attached hydrogens (primary N) is 1. The highest BCUT2D eigenvalue weighted by Crippen LogP contribution is 2.34. The van der Waals surface area contributed by atoms with Crippen LogP contribution in [-0.4, -0.2) is 41.4 Å². The summed E-state index contributed by atoms with van der Waals surface area (Å²) in [5, 5.41) is 7.57. The van der Waals surface area contributed by atoms with Gasteiger partial charge < -0.3 is 20.7 Å². The first kappa shape index (κ1) is 23.7. The number of aromatic nitrogens is 1. The fraction of sp³-hybridized carbons (Fsp3) is 0.143.